The minimum absolute atomic E-state index is 0.0113. The number of rotatable bonds is 4. The number of ether oxygens (including phenoxy) is 1. The standard InChI is InChI=1S/C8H18N2O3S/c1-3-8(2)9-14(11,12)10-4-6-13-7-5-10/h8-9H,3-7H2,1-2H3. The zero-order valence-electron chi connectivity index (χ0n) is 8.69. The molecule has 1 aliphatic rings. The van der Waals surface area contributed by atoms with Gasteiger partial charge in [-0.3, -0.25) is 0 Å². The first-order chi connectivity index (χ1) is 6.56. The van der Waals surface area contributed by atoms with Crippen LogP contribution in [0.15, 0.2) is 0 Å². The number of hydrogen-bond donors (Lipinski definition) is 1. The molecule has 1 unspecified atom stereocenters. The van der Waals surface area contributed by atoms with E-state index >= 15 is 0 Å². The molecule has 0 aromatic rings. The Hall–Kier alpha value is -0.170. The van der Waals surface area contributed by atoms with Crippen LogP contribution in [0.2, 0.25) is 0 Å². The lowest BCUT2D eigenvalue weighted by Crippen LogP contribution is -2.48. The van der Waals surface area contributed by atoms with Crippen LogP contribution >= 0.6 is 0 Å². The lowest BCUT2D eigenvalue weighted by molar-refractivity contribution is 0.0723. The first-order valence-electron chi connectivity index (χ1n) is 4.91. The molecule has 0 aromatic heterocycles. The molecule has 14 heavy (non-hydrogen) atoms. The van der Waals surface area contributed by atoms with Gasteiger partial charge in [-0.05, 0) is 13.3 Å². The highest BCUT2D eigenvalue weighted by Crippen LogP contribution is 2.04. The summed E-state index contributed by atoms with van der Waals surface area (Å²) in [4.78, 5) is 0. The smallest absolute Gasteiger partial charge is 0.279 e. The van der Waals surface area contributed by atoms with Gasteiger partial charge in [-0.15, -0.1) is 0 Å². The van der Waals surface area contributed by atoms with Crippen LogP contribution in [0.5, 0.6) is 0 Å². The van der Waals surface area contributed by atoms with Crippen molar-refractivity contribution >= 4 is 10.2 Å². The van der Waals surface area contributed by atoms with Crippen LogP contribution in [0, 0.1) is 0 Å². The Kier molecular flexibility index (Phi) is 4.31. The molecule has 0 bridgehead atoms. The van der Waals surface area contributed by atoms with E-state index in [4.69, 9.17) is 4.74 Å². The predicted molar refractivity (Wildman–Crippen MR) is 54.2 cm³/mol. The fraction of sp³-hybridized carbons (Fsp3) is 1.00. The van der Waals surface area contributed by atoms with Crippen molar-refractivity contribution < 1.29 is 13.2 Å². The minimum Gasteiger partial charge on any atom is -0.379 e. The van der Waals surface area contributed by atoms with Gasteiger partial charge in [0.2, 0.25) is 0 Å². The van der Waals surface area contributed by atoms with Gasteiger partial charge in [-0.2, -0.15) is 17.4 Å². The summed E-state index contributed by atoms with van der Waals surface area (Å²) in [6.45, 7) is 5.69. The number of hydrogen-bond acceptors (Lipinski definition) is 3. The minimum atomic E-state index is -3.29. The van der Waals surface area contributed by atoms with Crippen LogP contribution in [0.25, 0.3) is 0 Å². The number of morpholine rings is 1. The Morgan fingerprint density at radius 2 is 2.00 bits per heavy atom. The van der Waals surface area contributed by atoms with Crippen molar-refractivity contribution in [3.8, 4) is 0 Å². The highest BCUT2D eigenvalue weighted by molar-refractivity contribution is 7.87. The molecular weight excluding hydrogens is 204 g/mol. The average Bonchev–Trinajstić information content (AvgIpc) is 2.18. The summed E-state index contributed by atoms with van der Waals surface area (Å²) in [7, 11) is -3.29. The monoisotopic (exact) mass is 222 g/mol. The Morgan fingerprint density at radius 3 is 2.50 bits per heavy atom. The zero-order valence-corrected chi connectivity index (χ0v) is 9.51. The Balaban J connectivity index is 2.54. The Labute approximate surface area is 85.6 Å². The summed E-state index contributed by atoms with van der Waals surface area (Å²) in [5, 5.41) is 0. The zero-order chi connectivity index (χ0) is 10.6. The maximum absolute atomic E-state index is 11.7. The van der Waals surface area contributed by atoms with E-state index in [0.29, 0.717) is 26.3 Å². The highest BCUT2D eigenvalue weighted by atomic mass is 32.2. The molecule has 1 fully saturated rings. The molecule has 1 N–H and O–H groups in total. The average molecular weight is 222 g/mol. The molecule has 1 aliphatic heterocycles. The fourth-order valence-electron chi connectivity index (χ4n) is 1.20. The van der Waals surface area contributed by atoms with Crippen LogP contribution < -0.4 is 4.72 Å². The van der Waals surface area contributed by atoms with E-state index in [9.17, 15) is 8.42 Å². The summed E-state index contributed by atoms with van der Waals surface area (Å²) in [5.41, 5.74) is 0. The van der Waals surface area contributed by atoms with Gasteiger partial charge in [0.05, 0.1) is 13.2 Å². The molecule has 0 radical (unpaired) electrons. The van der Waals surface area contributed by atoms with Crippen molar-refractivity contribution in [3.63, 3.8) is 0 Å². The summed E-state index contributed by atoms with van der Waals surface area (Å²) >= 11 is 0. The van der Waals surface area contributed by atoms with Crippen molar-refractivity contribution in [2.24, 2.45) is 0 Å². The lowest BCUT2D eigenvalue weighted by Gasteiger charge is -2.27. The second kappa shape index (κ2) is 5.06. The molecule has 0 aromatic carbocycles. The van der Waals surface area contributed by atoms with E-state index in [1.165, 1.54) is 4.31 Å². The van der Waals surface area contributed by atoms with Gasteiger partial charge in [-0.1, -0.05) is 6.92 Å². The van der Waals surface area contributed by atoms with Crippen molar-refractivity contribution in [2.45, 2.75) is 26.3 Å². The third kappa shape index (κ3) is 3.20. The summed E-state index contributed by atoms with van der Waals surface area (Å²) in [6.07, 6.45) is 0.795. The highest BCUT2D eigenvalue weighted by Gasteiger charge is 2.24. The maximum Gasteiger partial charge on any atom is 0.279 e. The van der Waals surface area contributed by atoms with E-state index in [1.807, 2.05) is 13.8 Å². The second-order valence-electron chi connectivity index (χ2n) is 3.44. The molecule has 1 heterocycles. The molecule has 0 saturated carbocycles. The third-order valence-corrected chi connectivity index (χ3v) is 4.02. The summed E-state index contributed by atoms with van der Waals surface area (Å²) in [6, 6.07) is -0.0113. The number of nitrogens with zero attached hydrogens (tertiary/aromatic N) is 1. The third-order valence-electron chi connectivity index (χ3n) is 2.27. The Bertz CT molecular complexity index is 260. The molecule has 0 spiro atoms. The van der Waals surface area contributed by atoms with Gasteiger partial charge in [-0.25, -0.2) is 0 Å². The predicted octanol–water partition coefficient (Wildman–Crippen LogP) is -0.0485. The first-order valence-corrected chi connectivity index (χ1v) is 6.35. The molecular formula is C8H18N2O3S. The molecule has 1 saturated heterocycles. The molecule has 0 aliphatic carbocycles. The van der Waals surface area contributed by atoms with Crippen LogP contribution in [-0.4, -0.2) is 45.1 Å². The lowest BCUT2D eigenvalue weighted by atomic mass is 10.3. The second-order valence-corrected chi connectivity index (χ2v) is 5.15. The van der Waals surface area contributed by atoms with Gasteiger partial charge in [0.25, 0.3) is 10.2 Å². The van der Waals surface area contributed by atoms with Crippen LogP contribution in [-0.2, 0) is 14.9 Å². The van der Waals surface area contributed by atoms with Gasteiger partial charge >= 0.3 is 0 Å². The van der Waals surface area contributed by atoms with Gasteiger partial charge in [0.1, 0.15) is 0 Å². The van der Waals surface area contributed by atoms with Gasteiger partial charge in [0, 0.05) is 19.1 Å². The van der Waals surface area contributed by atoms with E-state index < -0.39 is 10.2 Å². The Morgan fingerprint density at radius 1 is 1.43 bits per heavy atom. The van der Waals surface area contributed by atoms with Crippen LogP contribution in [0.4, 0.5) is 0 Å². The normalized spacial score (nSPS) is 22.1. The van der Waals surface area contributed by atoms with Gasteiger partial charge in [0.15, 0.2) is 0 Å². The summed E-state index contributed by atoms with van der Waals surface area (Å²) in [5.74, 6) is 0. The molecule has 84 valence electrons. The fourth-order valence-corrected chi connectivity index (χ4v) is 2.65. The van der Waals surface area contributed by atoms with Crippen molar-refractivity contribution in [1.29, 1.82) is 0 Å². The number of nitrogens with one attached hydrogen (secondary N) is 1. The molecule has 0 amide bonds. The summed E-state index contributed by atoms with van der Waals surface area (Å²) < 4.78 is 32.6. The van der Waals surface area contributed by atoms with E-state index in [1.54, 1.807) is 0 Å². The van der Waals surface area contributed by atoms with Gasteiger partial charge < -0.3 is 4.74 Å². The first kappa shape index (κ1) is 11.9. The largest absolute Gasteiger partial charge is 0.379 e. The topological polar surface area (TPSA) is 58.6 Å². The van der Waals surface area contributed by atoms with Crippen molar-refractivity contribution in [2.75, 3.05) is 26.3 Å². The molecule has 5 nitrogen and oxygen atoms in total. The SMILES string of the molecule is CCC(C)NS(=O)(=O)N1CCOCC1. The molecule has 1 atom stereocenters. The van der Waals surface area contributed by atoms with E-state index in [2.05, 4.69) is 4.72 Å². The molecule has 1 rings (SSSR count). The van der Waals surface area contributed by atoms with Crippen LogP contribution in [0.1, 0.15) is 20.3 Å². The maximum atomic E-state index is 11.7. The van der Waals surface area contributed by atoms with Crippen LogP contribution in [0.3, 0.4) is 0 Å². The van der Waals surface area contributed by atoms with E-state index in [0.717, 1.165) is 6.42 Å². The van der Waals surface area contributed by atoms with E-state index in [-0.39, 0.29) is 6.04 Å². The van der Waals surface area contributed by atoms with Crippen molar-refractivity contribution in [1.82, 2.24) is 9.03 Å². The quantitative estimate of drug-likeness (QED) is 0.725. The van der Waals surface area contributed by atoms with Crippen molar-refractivity contribution in [3.05, 3.63) is 0 Å². The molecule has 6 heteroatoms.